The van der Waals surface area contributed by atoms with Crippen molar-refractivity contribution < 1.29 is 13.2 Å². The number of likely N-dealkylation sites (N-methyl/N-ethyl adjacent to an activating group) is 1. The Hall–Kier alpha value is -1.41. The van der Waals surface area contributed by atoms with Crippen LogP contribution >= 0.6 is 27.5 Å². The maximum absolute atomic E-state index is 12.5. The molecule has 8 heteroatoms. The second kappa shape index (κ2) is 8.31. The molecule has 2 aromatic rings. The Labute approximate surface area is 161 Å². The second-order valence-electron chi connectivity index (χ2n) is 5.56. The van der Waals surface area contributed by atoms with Crippen LogP contribution in [0.15, 0.2) is 57.9 Å². The van der Waals surface area contributed by atoms with E-state index in [1.807, 2.05) is 13.0 Å². The van der Waals surface area contributed by atoms with Crippen molar-refractivity contribution in [3.05, 3.63) is 63.6 Å². The van der Waals surface area contributed by atoms with E-state index < -0.39 is 15.9 Å². The van der Waals surface area contributed by atoms with Gasteiger partial charge in [0.05, 0.1) is 17.5 Å². The highest BCUT2D eigenvalue weighted by Crippen LogP contribution is 2.19. The molecule has 0 aliphatic carbocycles. The summed E-state index contributed by atoms with van der Waals surface area (Å²) >= 11 is 9.21. The molecule has 0 spiro atoms. The molecule has 1 amide bonds. The monoisotopic (exact) mass is 444 g/mol. The molecule has 2 rings (SSSR count). The first-order valence-corrected chi connectivity index (χ1v) is 10.1. The van der Waals surface area contributed by atoms with Gasteiger partial charge in [-0.3, -0.25) is 4.79 Å². The van der Waals surface area contributed by atoms with E-state index in [-0.39, 0.29) is 17.5 Å². The van der Waals surface area contributed by atoms with Gasteiger partial charge in [0.1, 0.15) is 0 Å². The Morgan fingerprint density at radius 2 is 1.88 bits per heavy atom. The van der Waals surface area contributed by atoms with Gasteiger partial charge in [-0.05, 0) is 48.9 Å². The van der Waals surface area contributed by atoms with Crippen molar-refractivity contribution in [2.24, 2.45) is 0 Å². The van der Waals surface area contributed by atoms with E-state index in [0.29, 0.717) is 5.02 Å². The minimum atomic E-state index is -3.73. The van der Waals surface area contributed by atoms with Gasteiger partial charge in [-0.2, -0.15) is 4.31 Å². The third-order valence-corrected chi connectivity index (χ3v) is 6.20. The molecule has 1 unspecified atom stereocenters. The maximum atomic E-state index is 12.5. The Morgan fingerprint density at radius 1 is 1.24 bits per heavy atom. The van der Waals surface area contributed by atoms with Crippen LogP contribution < -0.4 is 5.32 Å². The molecule has 1 N–H and O–H groups in total. The van der Waals surface area contributed by atoms with E-state index in [9.17, 15) is 13.2 Å². The van der Waals surface area contributed by atoms with Crippen LogP contribution in [0.4, 0.5) is 0 Å². The van der Waals surface area contributed by atoms with Gasteiger partial charge >= 0.3 is 0 Å². The van der Waals surface area contributed by atoms with Crippen molar-refractivity contribution in [1.29, 1.82) is 0 Å². The van der Waals surface area contributed by atoms with Crippen LogP contribution in [0.2, 0.25) is 5.02 Å². The first kappa shape index (κ1) is 19.9. The predicted molar refractivity (Wildman–Crippen MR) is 102 cm³/mol. The summed E-state index contributed by atoms with van der Waals surface area (Å²) in [6, 6.07) is 13.1. The Kier molecular flexibility index (Phi) is 6.62. The first-order chi connectivity index (χ1) is 11.7. The van der Waals surface area contributed by atoms with Crippen LogP contribution in [0.1, 0.15) is 18.5 Å². The molecular formula is C17H18BrClN2O3S. The highest BCUT2D eigenvalue weighted by atomic mass is 79.9. The number of carbonyl (C=O) groups excluding carboxylic acids is 1. The predicted octanol–water partition coefficient (Wildman–Crippen LogP) is 3.60. The quantitative estimate of drug-likeness (QED) is 0.739. The van der Waals surface area contributed by atoms with Crippen molar-refractivity contribution in [3.8, 4) is 0 Å². The zero-order chi connectivity index (χ0) is 18.6. The Balaban J connectivity index is 2.03. The summed E-state index contributed by atoms with van der Waals surface area (Å²) in [4.78, 5) is 12.3. The number of nitrogens with one attached hydrogen (secondary N) is 1. The average Bonchev–Trinajstić information content (AvgIpc) is 2.55. The van der Waals surface area contributed by atoms with Crippen LogP contribution in [-0.4, -0.2) is 32.2 Å². The van der Waals surface area contributed by atoms with Crippen molar-refractivity contribution in [1.82, 2.24) is 9.62 Å². The summed E-state index contributed by atoms with van der Waals surface area (Å²) in [7, 11) is -2.35. The van der Waals surface area contributed by atoms with Crippen molar-refractivity contribution >= 4 is 43.5 Å². The molecule has 0 radical (unpaired) electrons. The van der Waals surface area contributed by atoms with E-state index in [1.54, 1.807) is 30.3 Å². The van der Waals surface area contributed by atoms with Gasteiger partial charge in [-0.1, -0.05) is 39.7 Å². The molecule has 0 aliphatic heterocycles. The number of amides is 1. The number of benzene rings is 2. The number of rotatable bonds is 6. The molecule has 25 heavy (non-hydrogen) atoms. The van der Waals surface area contributed by atoms with Gasteiger partial charge in [0.2, 0.25) is 15.9 Å². The van der Waals surface area contributed by atoms with Crippen LogP contribution in [0.5, 0.6) is 0 Å². The molecule has 1 atom stereocenters. The summed E-state index contributed by atoms with van der Waals surface area (Å²) in [5.74, 6) is -0.393. The molecule has 0 bridgehead atoms. The standard InChI is InChI=1S/C17H18BrClN2O3S/c1-12(13-4-3-5-15(19)10-13)20-17(22)11-21(2)25(23,24)16-8-6-14(18)7-9-16/h3-10,12H,11H2,1-2H3,(H,20,22). The fourth-order valence-corrected chi connectivity index (χ4v) is 3.81. The minimum absolute atomic E-state index is 0.133. The van der Waals surface area contributed by atoms with Gasteiger partial charge in [-0.15, -0.1) is 0 Å². The minimum Gasteiger partial charge on any atom is -0.348 e. The number of carbonyl (C=O) groups is 1. The number of hydrogen-bond acceptors (Lipinski definition) is 3. The van der Waals surface area contributed by atoms with Crippen molar-refractivity contribution in [3.63, 3.8) is 0 Å². The molecule has 0 aliphatic rings. The summed E-state index contributed by atoms with van der Waals surface area (Å²) < 4.78 is 26.8. The molecule has 2 aromatic carbocycles. The highest BCUT2D eigenvalue weighted by Gasteiger charge is 2.23. The van der Waals surface area contributed by atoms with Gasteiger partial charge in [0.25, 0.3) is 0 Å². The van der Waals surface area contributed by atoms with E-state index in [0.717, 1.165) is 14.3 Å². The number of nitrogens with zero attached hydrogens (tertiary/aromatic N) is 1. The molecule has 0 saturated carbocycles. The van der Waals surface area contributed by atoms with Crippen molar-refractivity contribution in [2.75, 3.05) is 13.6 Å². The van der Waals surface area contributed by atoms with Gasteiger partial charge in [0.15, 0.2) is 0 Å². The lowest BCUT2D eigenvalue weighted by Crippen LogP contribution is -2.39. The first-order valence-electron chi connectivity index (χ1n) is 7.47. The molecular weight excluding hydrogens is 428 g/mol. The smallest absolute Gasteiger partial charge is 0.243 e. The van der Waals surface area contributed by atoms with Crippen LogP contribution in [0.3, 0.4) is 0 Å². The van der Waals surface area contributed by atoms with Crippen LogP contribution in [-0.2, 0) is 14.8 Å². The fourth-order valence-electron chi connectivity index (χ4n) is 2.22. The zero-order valence-corrected chi connectivity index (χ0v) is 16.9. The van der Waals surface area contributed by atoms with Gasteiger partial charge < -0.3 is 5.32 Å². The summed E-state index contributed by atoms with van der Waals surface area (Å²) in [5.41, 5.74) is 0.847. The zero-order valence-electron chi connectivity index (χ0n) is 13.7. The van der Waals surface area contributed by atoms with E-state index in [1.165, 1.54) is 19.2 Å². The third-order valence-electron chi connectivity index (χ3n) is 3.61. The molecule has 0 saturated heterocycles. The largest absolute Gasteiger partial charge is 0.348 e. The summed E-state index contributed by atoms with van der Waals surface area (Å²) in [6.45, 7) is 1.54. The number of sulfonamides is 1. The molecule has 0 heterocycles. The lowest BCUT2D eigenvalue weighted by Gasteiger charge is -2.19. The lowest BCUT2D eigenvalue weighted by molar-refractivity contribution is -0.121. The third kappa shape index (κ3) is 5.28. The SMILES string of the molecule is CC(NC(=O)CN(C)S(=O)(=O)c1ccc(Br)cc1)c1cccc(Cl)c1. The molecule has 5 nitrogen and oxygen atoms in total. The van der Waals surface area contributed by atoms with Gasteiger partial charge in [-0.25, -0.2) is 8.42 Å². The molecule has 0 fully saturated rings. The second-order valence-corrected chi connectivity index (χ2v) is 8.96. The highest BCUT2D eigenvalue weighted by molar-refractivity contribution is 9.10. The lowest BCUT2D eigenvalue weighted by atomic mass is 10.1. The fraction of sp³-hybridized carbons (Fsp3) is 0.235. The van der Waals surface area contributed by atoms with E-state index in [4.69, 9.17) is 11.6 Å². The molecule has 0 aromatic heterocycles. The Bertz CT molecular complexity index is 856. The summed E-state index contributed by atoms with van der Waals surface area (Å²) in [6.07, 6.45) is 0. The maximum Gasteiger partial charge on any atom is 0.243 e. The van der Waals surface area contributed by atoms with E-state index >= 15 is 0 Å². The summed E-state index contributed by atoms with van der Waals surface area (Å²) in [5, 5.41) is 3.35. The van der Waals surface area contributed by atoms with Gasteiger partial charge in [0, 0.05) is 16.5 Å². The van der Waals surface area contributed by atoms with Crippen LogP contribution in [0.25, 0.3) is 0 Å². The molecule has 134 valence electrons. The normalized spacial score (nSPS) is 12.8. The van der Waals surface area contributed by atoms with E-state index in [2.05, 4.69) is 21.2 Å². The number of halogens is 2. The Morgan fingerprint density at radius 3 is 2.48 bits per heavy atom. The average molecular weight is 446 g/mol. The van der Waals surface area contributed by atoms with Crippen molar-refractivity contribution in [2.45, 2.75) is 17.9 Å². The topological polar surface area (TPSA) is 66.5 Å². The number of hydrogen-bond donors (Lipinski definition) is 1. The van der Waals surface area contributed by atoms with Crippen LogP contribution in [0, 0.1) is 0 Å².